The fourth-order valence-corrected chi connectivity index (χ4v) is 4.23. The molecule has 2 aliphatic carbocycles. The van der Waals surface area contributed by atoms with E-state index in [1.54, 1.807) is 0 Å². The van der Waals surface area contributed by atoms with E-state index in [1.807, 2.05) is 42.3 Å². The summed E-state index contributed by atoms with van der Waals surface area (Å²) in [6.45, 7) is 1.16. The van der Waals surface area contributed by atoms with Crippen molar-refractivity contribution >= 4 is 5.91 Å². The molecule has 0 radical (unpaired) electrons. The molecule has 0 spiro atoms. The first kappa shape index (κ1) is 16.3. The van der Waals surface area contributed by atoms with E-state index in [0.717, 1.165) is 18.6 Å². The highest BCUT2D eigenvalue weighted by molar-refractivity contribution is 5.78. The van der Waals surface area contributed by atoms with Crippen LogP contribution < -0.4 is 10.5 Å². The molecule has 1 aromatic rings. The van der Waals surface area contributed by atoms with Crippen molar-refractivity contribution in [1.82, 2.24) is 4.90 Å². The Morgan fingerprint density at radius 3 is 2.52 bits per heavy atom. The number of nitrogens with zero attached hydrogens (tertiary/aromatic N) is 1. The van der Waals surface area contributed by atoms with Gasteiger partial charge >= 0.3 is 0 Å². The van der Waals surface area contributed by atoms with Crippen LogP contribution in [0.1, 0.15) is 32.1 Å². The predicted molar refractivity (Wildman–Crippen MR) is 91.1 cm³/mol. The van der Waals surface area contributed by atoms with Crippen molar-refractivity contribution in [3.63, 3.8) is 0 Å². The van der Waals surface area contributed by atoms with Crippen LogP contribution in [0.25, 0.3) is 0 Å². The van der Waals surface area contributed by atoms with E-state index in [-0.39, 0.29) is 11.8 Å². The lowest BCUT2D eigenvalue weighted by Gasteiger charge is -2.44. The van der Waals surface area contributed by atoms with Crippen LogP contribution in [0.15, 0.2) is 30.3 Å². The van der Waals surface area contributed by atoms with Crippen LogP contribution >= 0.6 is 0 Å². The molecule has 2 aliphatic rings. The van der Waals surface area contributed by atoms with Gasteiger partial charge in [-0.25, -0.2) is 0 Å². The molecule has 0 saturated heterocycles. The van der Waals surface area contributed by atoms with Crippen LogP contribution in [0, 0.1) is 17.8 Å². The van der Waals surface area contributed by atoms with Crippen molar-refractivity contribution < 1.29 is 9.53 Å². The monoisotopic (exact) mass is 316 g/mol. The van der Waals surface area contributed by atoms with E-state index in [2.05, 4.69) is 0 Å². The first-order valence-electron chi connectivity index (χ1n) is 8.83. The zero-order valence-electron chi connectivity index (χ0n) is 14.0. The zero-order chi connectivity index (χ0) is 16.2. The Labute approximate surface area is 139 Å². The van der Waals surface area contributed by atoms with Gasteiger partial charge in [0.05, 0.1) is 6.54 Å². The van der Waals surface area contributed by atoms with E-state index >= 15 is 0 Å². The van der Waals surface area contributed by atoms with E-state index < -0.39 is 0 Å². The molecule has 2 fully saturated rings. The average Bonchev–Trinajstić information content (AvgIpc) is 2.55. The van der Waals surface area contributed by atoms with Crippen molar-refractivity contribution in [1.29, 1.82) is 0 Å². The lowest BCUT2D eigenvalue weighted by molar-refractivity contribution is -0.137. The Kier molecular flexibility index (Phi) is 5.21. The molecule has 126 valence electrons. The lowest BCUT2D eigenvalue weighted by atomic mass is 9.65. The Hall–Kier alpha value is -1.55. The maximum absolute atomic E-state index is 12.7. The van der Waals surface area contributed by atoms with Gasteiger partial charge in [0.2, 0.25) is 5.91 Å². The van der Waals surface area contributed by atoms with Gasteiger partial charge in [0.25, 0.3) is 0 Å². The van der Waals surface area contributed by atoms with Gasteiger partial charge in [-0.2, -0.15) is 0 Å². The van der Waals surface area contributed by atoms with Gasteiger partial charge in [-0.05, 0) is 49.7 Å². The third kappa shape index (κ3) is 3.86. The maximum atomic E-state index is 12.7. The number of benzene rings is 1. The highest BCUT2D eigenvalue weighted by Gasteiger charge is 2.41. The van der Waals surface area contributed by atoms with E-state index in [1.165, 1.54) is 19.3 Å². The molecule has 0 aromatic heterocycles. The summed E-state index contributed by atoms with van der Waals surface area (Å²) >= 11 is 0. The number of likely N-dealkylation sites (N-methyl/N-ethyl adjacent to an activating group) is 1. The molecule has 0 aliphatic heterocycles. The van der Waals surface area contributed by atoms with Gasteiger partial charge in [0.15, 0.2) is 0 Å². The largest absolute Gasteiger partial charge is 0.492 e. The summed E-state index contributed by atoms with van der Waals surface area (Å²) in [6.07, 6.45) is 5.62. The van der Waals surface area contributed by atoms with Crippen molar-refractivity contribution in [2.24, 2.45) is 23.5 Å². The Bertz CT molecular complexity index is 505. The number of hydrogen-bond donors (Lipinski definition) is 1. The maximum Gasteiger partial charge on any atom is 0.225 e. The second-order valence-corrected chi connectivity index (χ2v) is 7.12. The lowest BCUT2D eigenvalue weighted by Crippen LogP contribution is -2.49. The van der Waals surface area contributed by atoms with Gasteiger partial charge < -0.3 is 15.4 Å². The first-order chi connectivity index (χ1) is 11.1. The number of amides is 1. The molecule has 3 rings (SSSR count). The minimum Gasteiger partial charge on any atom is -0.492 e. The quantitative estimate of drug-likeness (QED) is 0.908. The normalized spacial score (nSPS) is 29.8. The number of para-hydroxylation sites is 1. The average molecular weight is 316 g/mol. The number of nitrogens with two attached hydrogens (primary N) is 1. The molecule has 1 amide bonds. The van der Waals surface area contributed by atoms with Crippen LogP contribution in [-0.4, -0.2) is 37.0 Å². The van der Waals surface area contributed by atoms with Crippen LogP contribution in [0.5, 0.6) is 5.75 Å². The smallest absolute Gasteiger partial charge is 0.225 e. The van der Waals surface area contributed by atoms with Crippen molar-refractivity contribution in [3.8, 4) is 5.75 Å². The molecule has 2 saturated carbocycles. The molecule has 2 N–H and O–H groups in total. The third-order valence-electron chi connectivity index (χ3n) is 5.58. The highest BCUT2D eigenvalue weighted by atomic mass is 16.5. The summed E-state index contributed by atoms with van der Waals surface area (Å²) in [5.41, 5.74) is 6.32. The summed E-state index contributed by atoms with van der Waals surface area (Å²) in [6, 6.07) is 10.1. The topological polar surface area (TPSA) is 55.6 Å². The molecule has 2 unspecified atom stereocenters. The SMILES string of the molecule is CN(CCOc1ccccc1)C(=O)C1CC2CCCC(C1)C2N. The minimum atomic E-state index is 0.159. The number of fused-ring (bicyclic) bond motifs is 2. The first-order valence-corrected chi connectivity index (χ1v) is 8.83. The number of carbonyl (C=O) groups is 1. The van der Waals surface area contributed by atoms with Gasteiger partial charge in [-0.3, -0.25) is 4.79 Å². The van der Waals surface area contributed by atoms with E-state index in [0.29, 0.717) is 31.0 Å². The summed E-state index contributed by atoms with van der Waals surface area (Å²) in [5.74, 6) is 2.37. The Balaban J connectivity index is 1.48. The summed E-state index contributed by atoms with van der Waals surface area (Å²) in [7, 11) is 1.89. The molecule has 0 heterocycles. The predicted octanol–water partition coefficient (Wildman–Crippen LogP) is 2.68. The van der Waals surface area contributed by atoms with Crippen LogP contribution in [0.2, 0.25) is 0 Å². The van der Waals surface area contributed by atoms with Crippen LogP contribution in [-0.2, 0) is 4.79 Å². The molecular weight excluding hydrogens is 288 g/mol. The van der Waals surface area contributed by atoms with Crippen molar-refractivity contribution in [3.05, 3.63) is 30.3 Å². The summed E-state index contributed by atoms with van der Waals surface area (Å²) < 4.78 is 5.69. The Morgan fingerprint density at radius 2 is 1.87 bits per heavy atom. The Morgan fingerprint density at radius 1 is 1.22 bits per heavy atom. The molecule has 2 bridgehead atoms. The fraction of sp³-hybridized carbons (Fsp3) is 0.632. The fourth-order valence-electron chi connectivity index (χ4n) is 4.23. The molecule has 1 aromatic carbocycles. The number of ether oxygens (including phenoxy) is 1. The van der Waals surface area contributed by atoms with Crippen LogP contribution in [0.3, 0.4) is 0 Å². The second kappa shape index (κ2) is 7.35. The van der Waals surface area contributed by atoms with Crippen LogP contribution in [0.4, 0.5) is 0 Å². The molecule has 23 heavy (non-hydrogen) atoms. The van der Waals surface area contributed by atoms with Gasteiger partial charge in [-0.15, -0.1) is 0 Å². The van der Waals surface area contributed by atoms with Crippen molar-refractivity contribution in [2.75, 3.05) is 20.2 Å². The van der Waals surface area contributed by atoms with Gasteiger partial charge in [-0.1, -0.05) is 24.6 Å². The summed E-state index contributed by atoms with van der Waals surface area (Å²) in [4.78, 5) is 14.5. The highest BCUT2D eigenvalue weighted by Crippen LogP contribution is 2.42. The van der Waals surface area contributed by atoms with Gasteiger partial charge in [0.1, 0.15) is 12.4 Å². The minimum absolute atomic E-state index is 0.159. The van der Waals surface area contributed by atoms with E-state index in [9.17, 15) is 4.79 Å². The molecular formula is C19H28N2O2. The van der Waals surface area contributed by atoms with Crippen molar-refractivity contribution in [2.45, 2.75) is 38.1 Å². The van der Waals surface area contributed by atoms with Gasteiger partial charge in [0, 0.05) is 19.0 Å². The van der Waals surface area contributed by atoms with E-state index in [4.69, 9.17) is 10.5 Å². The zero-order valence-corrected chi connectivity index (χ0v) is 14.0. The number of hydrogen-bond acceptors (Lipinski definition) is 3. The number of rotatable bonds is 5. The second-order valence-electron chi connectivity index (χ2n) is 7.12. The summed E-state index contributed by atoms with van der Waals surface area (Å²) in [5, 5.41) is 0. The molecule has 2 atom stereocenters. The third-order valence-corrected chi connectivity index (χ3v) is 5.58. The standard InChI is InChI=1S/C19H28N2O2/c1-21(10-11-23-17-8-3-2-4-9-17)19(22)16-12-14-6-5-7-15(13-16)18(14)20/h2-4,8-9,14-16,18H,5-7,10-13,20H2,1H3. The number of carbonyl (C=O) groups excluding carboxylic acids is 1. The molecule has 4 nitrogen and oxygen atoms in total. The molecule has 4 heteroatoms.